The third-order valence-electron chi connectivity index (χ3n) is 3.56. The first-order valence-electron chi connectivity index (χ1n) is 6.44. The minimum atomic E-state index is -0.726. The smallest absolute Gasteiger partial charge is 0.240 e. The fourth-order valence-electron chi connectivity index (χ4n) is 2.10. The number of benzene rings is 1. The van der Waals surface area contributed by atoms with Crippen molar-refractivity contribution in [2.75, 3.05) is 13.7 Å². The van der Waals surface area contributed by atoms with Gasteiger partial charge in [0.1, 0.15) is 11.2 Å². The fraction of sp³-hybridized carbons (Fsp3) is 0.467. The van der Waals surface area contributed by atoms with Crippen molar-refractivity contribution in [1.29, 1.82) is 5.26 Å². The van der Waals surface area contributed by atoms with Gasteiger partial charge in [-0.2, -0.15) is 5.26 Å². The minimum absolute atomic E-state index is 0.125. The SMILES string of the molecule is COc1ccc(CCNC(=O)C2(C#N)CC2)cc1C. The average Bonchev–Trinajstić information content (AvgIpc) is 3.20. The Kier molecular flexibility index (Phi) is 3.75. The van der Waals surface area contributed by atoms with Crippen molar-refractivity contribution in [3.05, 3.63) is 29.3 Å². The van der Waals surface area contributed by atoms with Crippen LogP contribution in [0.3, 0.4) is 0 Å². The van der Waals surface area contributed by atoms with E-state index in [1.54, 1.807) is 7.11 Å². The number of methoxy groups -OCH3 is 1. The molecule has 1 N–H and O–H groups in total. The van der Waals surface area contributed by atoms with Crippen LogP contribution in [0.15, 0.2) is 18.2 Å². The molecule has 1 amide bonds. The molecular weight excluding hydrogens is 240 g/mol. The maximum atomic E-state index is 11.8. The number of rotatable bonds is 5. The summed E-state index contributed by atoms with van der Waals surface area (Å²) >= 11 is 0. The summed E-state index contributed by atoms with van der Waals surface area (Å²) in [4.78, 5) is 11.8. The fourth-order valence-corrected chi connectivity index (χ4v) is 2.10. The van der Waals surface area contributed by atoms with Crippen molar-refractivity contribution in [1.82, 2.24) is 5.32 Å². The summed E-state index contributed by atoms with van der Waals surface area (Å²) in [6.07, 6.45) is 2.14. The van der Waals surface area contributed by atoms with E-state index in [4.69, 9.17) is 10.00 Å². The molecule has 0 radical (unpaired) electrons. The van der Waals surface area contributed by atoms with Crippen molar-refractivity contribution < 1.29 is 9.53 Å². The summed E-state index contributed by atoms with van der Waals surface area (Å²) in [5, 5.41) is 11.8. The van der Waals surface area contributed by atoms with E-state index in [9.17, 15) is 4.79 Å². The van der Waals surface area contributed by atoms with Gasteiger partial charge in [-0.3, -0.25) is 4.79 Å². The minimum Gasteiger partial charge on any atom is -0.496 e. The Morgan fingerprint density at radius 1 is 1.53 bits per heavy atom. The van der Waals surface area contributed by atoms with Gasteiger partial charge >= 0.3 is 0 Å². The number of carbonyl (C=O) groups is 1. The zero-order valence-electron chi connectivity index (χ0n) is 11.3. The molecular formula is C15H18N2O2. The second-order valence-electron chi connectivity index (χ2n) is 5.00. The first-order valence-corrected chi connectivity index (χ1v) is 6.44. The Hall–Kier alpha value is -2.02. The summed E-state index contributed by atoms with van der Waals surface area (Å²) in [7, 11) is 1.65. The lowest BCUT2D eigenvalue weighted by molar-refractivity contribution is -0.124. The molecule has 0 unspecified atom stereocenters. The van der Waals surface area contributed by atoms with Gasteiger partial charge in [0.25, 0.3) is 0 Å². The Bertz CT molecular complexity index is 527. The highest BCUT2D eigenvalue weighted by Crippen LogP contribution is 2.44. The zero-order valence-corrected chi connectivity index (χ0v) is 11.3. The van der Waals surface area contributed by atoms with Crippen LogP contribution in [-0.4, -0.2) is 19.6 Å². The van der Waals surface area contributed by atoms with Crippen LogP contribution >= 0.6 is 0 Å². The molecule has 19 heavy (non-hydrogen) atoms. The highest BCUT2D eigenvalue weighted by Gasteiger charge is 2.50. The first-order chi connectivity index (χ1) is 9.11. The van der Waals surface area contributed by atoms with Crippen LogP contribution in [0.2, 0.25) is 0 Å². The monoisotopic (exact) mass is 258 g/mol. The third kappa shape index (κ3) is 2.87. The highest BCUT2D eigenvalue weighted by molar-refractivity contribution is 5.88. The molecule has 4 heteroatoms. The number of ether oxygens (including phenoxy) is 1. The predicted octanol–water partition coefficient (Wildman–Crippen LogP) is 1.97. The van der Waals surface area contributed by atoms with Crippen molar-refractivity contribution in [2.24, 2.45) is 5.41 Å². The van der Waals surface area contributed by atoms with E-state index in [1.165, 1.54) is 0 Å². The summed E-state index contributed by atoms with van der Waals surface area (Å²) < 4.78 is 5.20. The van der Waals surface area contributed by atoms with E-state index < -0.39 is 5.41 Å². The lowest BCUT2D eigenvalue weighted by atomic mass is 10.1. The van der Waals surface area contributed by atoms with Gasteiger partial charge in [-0.05, 0) is 43.4 Å². The highest BCUT2D eigenvalue weighted by atomic mass is 16.5. The molecule has 4 nitrogen and oxygen atoms in total. The molecule has 2 rings (SSSR count). The molecule has 1 saturated carbocycles. The Labute approximate surface area is 113 Å². The first kappa shape index (κ1) is 13.4. The molecule has 0 saturated heterocycles. The molecule has 100 valence electrons. The van der Waals surface area contributed by atoms with Crippen molar-refractivity contribution in [3.8, 4) is 11.8 Å². The third-order valence-corrected chi connectivity index (χ3v) is 3.56. The van der Waals surface area contributed by atoms with Gasteiger partial charge in [0, 0.05) is 6.54 Å². The number of hydrogen-bond donors (Lipinski definition) is 1. The number of aryl methyl sites for hydroxylation is 1. The Morgan fingerprint density at radius 2 is 2.26 bits per heavy atom. The van der Waals surface area contributed by atoms with Gasteiger partial charge < -0.3 is 10.1 Å². The Morgan fingerprint density at radius 3 is 2.79 bits per heavy atom. The summed E-state index contributed by atoms with van der Waals surface area (Å²) in [5.41, 5.74) is 1.51. The zero-order chi connectivity index (χ0) is 13.9. The van der Waals surface area contributed by atoms with Crippen LogP contribution in [0.1, 0.15) is 24.0 Å². The van der Waals surface area contributed by atoms with E-state index in [0.29, 0.717) is 19.4 Å². The topological polar surface area (TPSA) is 62.1 Å². The van der Waals surface area contributed by atoms with Crippen molar-refractivity contribution >= 4 is 5.91 Å². The van der Waals surface area contributed by atoms with Gasteiger partial charge in [-0.15, -0.1) is 0 Å². The van der Waals surface area contributed by atoms with Crippen LogP contribution in [-0.2, 0) is 11.2 Å². The largest absolute Gasteiger partial charge is 0.496 e. The molecule has 1 aromatic rings. The van der Waals surface area contributed by atoms with E-state index in [0.717, 1.165) is 23.3 Å². The van der Waals surface area contributed by atoms with Gasteiger partial charge in [0.05, 0.1) is 13.2 Å². The predicted molar refractivity (Wildman–Crippen MR) is 71.7 cm³/mol. The molecule has 1 aliphatic carbocycles. The molecule has 0 spiro atoms. The maximum absolute atomic E-state index is 11.8. The average molecular weight is 258 g/mol. The molecule has 0 aromatic heterocycles. The second-order valence-corrected chi connectivity index (χ2v) is 5.00. The summed E-state index contributed by atoms with van der Waals surface area (Å²) in [6.45, 7) is 2.56. The standard InChI is InChI=1S/C15H18N2O2/c1-11-9-12(3-4-13(11)19-2)5-8-17-14(18)15(10-16)6-7-15/h3-4,9H,5-8H2,1-2H3,(H,17,18). The van der Waals surface area contributed by atoms with Crippen LogP contribution in [0.5, 0.6) is 5.75 Å². The van der Waals surface area contributed by atoms with Crippen LogP contribution < -0.4 is 10.1 Å². The molecule has 1 fully saturated rings. The second kappa shape index (κ2) is 5.31. The molecule has 0 heterocycles. The maximum Gasteiger partial charge on any atom is 0.240 e. The van der Waals surface area contributed by atoms with Gasteiger partial charge in [-0.1, -0.05) is 12.1 Å². The summed E-state index contributed by atoms with van der Waals surface area (Å²) in [6, 6.07) is 8.08. The Balaban J connectivity index is 1.85. The number of nitrogens with one attached hydrogen (secondary N) is 1. The number of amides is 1. The lowest BCUT2D eigenvalue weighted by Gasteiger charge is -2.10. The molecule has 1 aromatic carbocycles. The van der Waals surface area contributed by atoms with Crippen LogP contribution in [0.4, 0.5) is 0 Å². The lowest BCUT2D eigenvalue weighted by Crippen LogP contribution is -2.32. The molecule has 1 aliphatic rings. The molecule has 0 atom stereocenters. The van der Waals surface area contributed by atoms with Crippen molar-refractivity contribution in [3.63, 3.8) is 0 Å². The van der Waals surface area contributed by atoms with E-state index in [2.05, 4.69) is 17.5 Å². The number of carbonyl (C=O) groups excluding carboxylic acids is 1. The van der Waals surface area contributed by atoms with E-state index in [-0.39, 0.29) is 5.91 Å². The van der Waals surface area contributed by atoms with Crippen LogP contribution in [0.25, 0.3) is 0 Å². The van der Waals surface area contributed by atoms with Crippen molar-refractivity contribution in [2.45, 2.75) is 26.2 Å². The molecule has 0 aliphatic heterocycles. The quantitative estimate of drug-likeness (QED) is 0.878. The van der Waals surface area contributed by atoms with Gasteiger partial charge in [-0.25, -0.2) is 0 Å². The molecule has 0 bridgehead atoms. The normalized spacial score (nSPS) is 15.4. The number of nitrogens with zero attached hydrogens (tertiary/aromatic N) is 1. The van der Waals surface area contributed by atoms with Gasteiger partial charge in [0.15, 0.2) is 0 Å². The number of hydrogen-bond acceptors (Lipinski definition) is 3. The van der Waals surface area contributed by atoms with E-state index >= 15 is 0 Å². The van der Waals surface area contributed by atoms with Crippen LogP contribution in [0, 0.1) is 23.7 Å². The van der Waals surface area contributed by atoms with E-state index in [1.807, 2.05) is 19.1 Å². The van der Waals surface area contributed by atoms with Gasteiger partial charge in [0.2, 0.25) is 5.91 Å². The number of nitriles is 1. The summed E-state index contributed by atoms with van der Waals surface area (Å²) in [5.74, 6) is 0.745.